The van der Waals surface area contributed by atoms with Crippen molar-refractivity contribution in [3.63, 3.8) is 0 Å². The maximum atomic E-state index is 11.5. The lowest BCUT2D eigenvalue weighted by molar-refractivity contribution is 0.420. The first-order chi connectivity index (χ1) is 7.66. The first kappa shape index (κ1) is 10.6. The summed E-state index contributed by atoms with van der Waals surface area (Å²) in [5, 5.41) is 3.75. The van der Waals surface area contributed by atoms with Crippen LogP contribution in [0.1, 0.15) is 12.7 Å². The highest BCUT2D eigenvalue weighted by molar-refractivity contribution is 5.50. The van der Waals surface area contributed by atoms with E-state index in [0.717, 1.165) is 0 Å². The molecule has 6 nitrogen and oxygen atoms in total. The predicted molar refractivity (Wildman–Crippen MR) is 57.7 cm³/mol. The van der Waals surface area contributed by atoms with Gasteiger partial charge in [0.1, 0.15) is 5.56 Å². The smallest absolute Gasteiger partial charge is 0.263 e. The number of hydrogen-bond donors (Lipinski definition) is 2. The molecule has 0 radical (unpaired) electrons. The van der Waals surface area contributed by atoms with Crippen LogP contribution in [-0.2, 0) is 6.42 Å². The first-order valence-corrected chi connectivity index (χ1v) is 4.92. The zero-order chi connectivity index (χ0) is 11.5. The van der Waals surface area contributed by atoms with Crippen molar-refractivity contribution in [2.45, 2.75) is 19.4 Å². The lowest BCUT2D eigenvalue weighted by Crippen LogP contribution is -2.18. The largest absolute Gasteiger partial charge is 0.367 e. The second-order valence-electron chi connectivity index (χ2n) is 3.62. The molecule has 0 aromatic carbocycles. The Kier molecular flexibility index (Phi) is 2.82. The van der Waals surface area contributed by atoms with Gasteiger partial charge in [-0.1, -0.05) is 5.16 Å². The van der Waals surface area contributed by atoms with Crippen LogP contribution in [0.15, 0.2) is 27.8 Å². The second kappa shape index (κ2) is 4.28. The maximum absolute atomic E-state index is 11.5. The molecule has 0 saturated carbocycles. The molecule has 0 bridgehead atoms. The molecular weight excluding hydrogens is 208 g/mol. The van der Waals surface area contributed by atoms with Crippen LogP contribution >= 0.6 is 0 Å². The Hall–Kier alpha value is -1.95. The molecule has 0 saturated heterocycles. The number of pyridine rings is 1. The molecule has 0 spiro atoms. The molecule has 84 valence electrons. The summed E-state index contributed by atoms with van der Waals surface area (Å²) in [6, 6.07) is 1.37. The van der Waals surface area contributed by atoms with Crippen molar-refractivity contribution in [3.8, 4) is 11.5 Å². The zero-order valence-electron chi connectivity index (χ0n) is 8.80. The van der Waals surface area contributed by atoms with Gasteiger partial charge in [-0.2, -0.15) is 4.98 Å². The van der Waals surface area contributed by atoms with E-state index < -0.39 is 0 Å². The fourth-order valence-electron chi connectivity index (χ4n) is 1.32. The molecule has 0 amide bonds. The van der Waals surface area contributed by atoms with E-state index in [2.05, 4.69) is 15.1 Å². The minimum absolute atomic E-state index is 0.0421. The van der Waals surface area contributed by atoms with Crippen molar-refractivity contribution in [2.24, 2.45) is 5.73 Å². The fraction of sp³-hybridized carbons (Fsp3) is 0.300. The maximum Gasteiger partial charge on any atom is 0.263 e. The van der Waals surface area contributed by atoms with Gasteiger partial charge in [-0.25, -0.2) is 0 Å². The van der Waals surface area contributed by atoms with Gasteiger partial charge in [0.2, 0.25) is 0 Å². The Morgan fingerprint density at radius 1 is 1.62 bits per heavy atom. The van der Waals surface area contributed by atoms with E-state index in [1.165, 1.54) is 12.3 Å². The molecule has 2 rings (SSSR count). The Morgan fingerprint density at radius 2 is 2.44 bits per heavy atom. The third-order valence-corrected chi connectivity index (χ3v) is 2.03. The summed E-state index contributed by atoms with van der Waals surface area (Å²) in [7, 11) is 0. The van der Waals surface area contributed by atoms with Crippen molar-refractivity contribution < 1.29 is 4.52 Å². The minimum Gasteiger partial charge on any atom is -0.367 e. The molecular formula is C10H12N4O2. The molecule has 3 N–H and O–H groups in total. The van der Waals surface area contributed by atoms with Crippen LogP contribution < -0.4 is 11.2 Å². The van der Waals surface area contributed by atoms with Crippen LogP contribution in [0.3, 0.4) is 0 Å². The molecule has 2 aromatic heterocycles. The van der Waals surface area contributed by atoms with Gasteiger partial charge in [-0.05, 0) is 6.92 Å². The van der Waals surface area contributed by atoms with Gasteiger partial charge < -0.3 is 15.2 Å². The zero-order valence-corrected chi connectivity index (χ0v) is 8.80. The molecule has 0 aliphatic heterocycles. The first-order valence-electron chi connectivity index (χ1n) is 4.92. The van der Waals surface area contributed by atoms with Crippen molar-refractivity contribution in [3.05, 3.63) is 34.5 Å². The molecule has 0 aliphatic carbocycles. The molecule has 0 fully saturated rings. The van der Waals surface area contributed by atoms with E-state index in [4.69, 9.17) is 10.3 Å². The van der Waals surface area contributed by atoms with Gasteiger partial charge in [0, 0.05) is 30.9 Å². The van der Waals surface area contributed by atoms with E-state index in [1.807, 2.05) is 6.92 Å². The summed E-state index contributed by atoms with van der Waals surface area (Å²) in [4.78, 5) is 18.4. The number of nitrogens with zero attached hydrogens (tertiary/aromatic N) is 2. The number of aromatic nitrogens is 3. The Labute approximate surface area is 91.5 Å². The standard InChI is InChI=1S/C10H12N4O2/c1-6(11)4-9-13-10(16-14-9)7-5-12-3-2-8(7)15/h2-3,5-6H,4,11H2,1H3,(H,12,15). The van der Waals surface area contributed by atoms with E-state index in [9.17, 15) is 4.79 Å². The van der Waals surface area contributed by atoms with E-state index in [-0.39, 0.29) is 17.4 Å². The number of H-pyrrole nitrogens is 1. The molecule has 0 aliphatic rings. The Morgan fingerprint density at radius 3 is 3.12 bits per heavy atom. The van der Waals surface area contributed by atoms with Gasteiger partial charge in [-0.3, -0.25) is 4.79 Å². The average Bonchev–Trinajstić information content (AvgIpc) is 2.66. The summed E-state index contributed by atoms with van der Waals surface area (Å²) in [5.74, 6) is 0.728. The highest BCUT2D eigenvalue weighted by Crippen LogP contribution is 2.11. The van der Waals surface area contributed by atoms with Crippen LogP contribution in [0.2, 0.25) is 0 Å². The van der Waals surface area contributed by atoms with Crippen molar-refractivity contribution >= 4 is 0 Å². The third kappa shape index (κ3) is 2.17. The third-order valence-electron chi connectivity index (χ3n) is 2.03. The quantitative estimate of drug-likeness (QED) is 0.776. The normalized spacial score (nSPS) is 12.6. The summed E-state index contributed by atoms with van der Waals surface area (Å²) >= 11 is 0. The molecule has 2 aromatic rings. The fourth-order valence-corrected chi connectivity index (χ4v) is 1.32. The van der Waals surface area contributed by atoms with Crippen molar-refractivity contribution in [1.29, 1.82) is 0 Å². The topological polar surface area (TPSA) is 97.8 Å². The summed E-state index contributed by atoms with van der Waals surface area (Å²) < 4.78 is 5.00. The van der Waals surface area contributed by atoms with E-state index in [0.29, 0.717) is 17.8 Å². The number of aromatic amines is 1. The SMILES string of the molecule is CC(N)Cc1noc(-c2c[nH]ccc2=O)n1. The average molecular weight is 220 g/mol. The van der Waals surface area contributed by atoms with Gasteiger partial charge >= 0.3 is 0 Å². The molecule has 2 heterocycles. The predicted octanol–water partition coefficient (Wildman–Crippen LogP) is 0.315. The number of nitrogens with one attached hydrogen (secondary N) is 1. The van der Waals surface area contributed by atoms with Gasteiger partial charge in [0.15, 0.2) is 11.3 Å². The van der Waals surface area contributed by atoms with Crippen molar-refractivity contribution in [2.75, 3.05) is 0 Å². The number of rotatable bonds is 3. The Balaban J connectivity index is 2.32. The van der Waals surface area contributed by atoms with Gasteiger partial charge in [-0.15, -0.1) is 0 Å². The minimum atomic E-state index is -0.158. The summed E-state index contributed by atoms with van der Waals surface area (Å²) in [5.41, 5.74) is 5.82. The van der Waals surface area contributed by atoms with Gasteiger partial charge in [0.25, 0.3) is 5.89 Å². The second-order valence-corrected chi connectivity index (χ2v) is 3.62. The Bertz CT molecular complexity index is 529. The van der Waals surface area contributed by atoms with Crippen LogP contribution in [0.4, 0.5) is 0 Å². The highest BCUT2D eigenvalue weighted by Gasteiger charge is 2.12. The molecule has 6 heteroatoms. The van der Waals surface area contributed by atoms with Crippen LogP contribution in [0.25, 0.3) is 11.5 Å². The lowest BCUT2D eigenvalue weighted by atomic mass is 10.2. The van der Waals surface area contributed by atoms with Crippen molar-refractivity contribution in [1.82, 2.24) is 15.1 Å². The van der Waals surface area contributed by atoms with Gasteiger partial charge in [0.05, 0.1) is 0 Å². The van der Waals surface area contributed by atoms with E-state index >= 15 is 0 Å². The number of hydrogen-bond acceptors (Lipinski definition) is 5. The van der Waals surface area contributed by atoms with Crippen LogP contribution in [0, 0.1) is 0 Å². The number of nitrogens with two attached hydrogens (primary N) is 1. The monoisotopic (exact) mass is 220 g/mol. The van der Waals surface area contributed by atoms with Crippen LogP contribution in [0.5, 0.6) is 0 Å². The molecule has 1 atom stereocenters. The summed E-state index contributed by atoms with van der Waals surface area (Å²) in [6.07, 6.45) is 3.60. The van der Waals surface area contributed by atoms with E-state index in [1.54, 1.807) is 6.20 Å². The summed E-state index contributed by atoms with van der Waals surface area (Å²) in [6.45, 7) is 1.85. The molecule has 16 heavy (non-hydrogen) atoms. The van der Waals surface area contributed by atoms with Crippen LogP contribution in [-0.4, -0.2) is 21.2 Å². The molecule has 1 unspecified atom stereocenters. The lowest BCUT2D eigenvalue weighted by Gasteiger charge is -1.96. The highest BCUT2D eigenvalue weighted by atomic mass is 16.5.